The third kappa shape index (κ3) is 6.02. The van der Waals surface area contributed by atoms with Gasteiger partial charge in [-0.1, -0.05) is 78.5 Å². The minimum absolute atomic E-state index is 0.0488. The summed E-state index contributed by atoms with van der Waals surface area (Å²) >= 11 is 1.12. The van der Waals surface area contributed by atoms with Gasteiger partial charge >= 0.3 is 5.97 Å². The van der Waals surface area contributed by atoms with Gasteiger partial charge in [-0.3, -0.25) is 14.5 Å². The molecule has 0 unspecified atom stereocenters. The highest BCUT2D eigenvalue weighted by Crippen LogP contribution is 2.38. The van der Waals surface area contributed by atoms with Crippen LogP contribution in [-0.2, 0) is 17.6 Å². The molecule has 1 saturated heterocycles. The molecule has 0 radical (unpaired) electrons. The number of amides is 2. The van der Waals surface area contributed by atoms with E-state index < -0.39 is 17.9 Å². The largest absolute Gasteiger partial charge is 0.478 e. The van der Waals surface area contributed by atoms with Gasteiger partial charge in [-0.2, -0.15) is 0 Å². The number of hydrogen-bond acceptors (Lipinski definition) is 6. The van der Waals surface area contributed by atoms with Crippen LogP contribution >= 0.6 is 11.8 Å². The maximum Gasteiger partial charge on any atom is 0.338 e. The molecule has 238 valence electrons. The molecule has 2 amide bonds. The molecule has 1 aliphatic heterocycles. The van der Waals surface area contributed by atoms with E-state index in [0.29, 0.717) is 18.0 Å². The van der Waals surface area contributed by atoms with Crippen molar-refractivity contribution in [2.45, 2.75) is 41.8 Å². The predicted molar refractivity (Wildman–Crippen MR) is 181 cm³/mol. The Balaban J connectivity index is 1.06. The Morgan fingerprint density at radius 2 is 1.51 bits per heavy atom. The van der Waals surface area contributed by atoms with Crippen LogP contribution in [0.4, 0.5) is 0 Å². The molecule has 7 rings (SSSR count). The lowest BCUT2D eigenvalue weighted by Gasteiger charge is -2.41. The monoisotopic (exact) mass is 645 g/mol. The minimum Gasteiger partial charge on any atom is -0.478 e. The number of carbonyl (C=O) groups excluding carboxylic acids is 2. The van der Waals surface area contributed by atoms with Gasteiger partial charge in [0.25, 0.3) is 5.91 Å². The standard InChI is InChI=1S/C37H35N5O4S/c1-23(39-34(43)31-33(28-13-6-7-15-30(28)40-31)47-35-29(37(45)46)14-8-18-38-35)36(44)42-21-19-41(20-22-42)32-26-11-4-2-9-24(26)16-17-25-10-3-5-12-27(25)32/h2-15,18,23,32,40H,16-17,19-22H2,1H3,(H,39,43)(H,45,46)/t23-/m1/s1. The van der Waals surface area contributed by atoms with Crippen LogP contribution in [0.25, 0.3) is 10.9 Å². The number of carbonyl (C=O) groups is 3. The van der Waals surface area contributed by atoms with Crippen LogP contribution in [0.2, 0.25) is 0 Å². The van der Waals surface area contributed by atoms with Crippen molar-refractivity contribution in [3.63, 3.8) is 0 Å². The molecule has 0 saturated carbocycles. The summed E-state index contributed by atoms with van der Waals surface area (Å²) in [5.41, 5.74) is 6.46. The van der Waals surface area contributed by atoms with Crippen molar-refractivity contribution in [3.8, 4) is 0 Å². The second-order valence-electron chi connectivity index (χ2n) is 12.0. The quantitative estimate of drug-likeness (QED) is 0.212. The van der Waals surface area contributed by atoms with E-state index in [2.05, 4.69) is 68.7 Å². The Labute approximate surface area is 277 Å². The van der Waals surface area contributed by atoms with Crippen LogP contribution in [0, 0.1) is 0 Å². The van der Waals surface area contributed by atoms with Crippen molar-refractivity contribution < 1.29 is 19.5 Å². The average molecular weight is 646 g/mol. The summed E-state index contributed by atoms with van der Waals surface area (Å²) in [4.78, 5) is 51.5. The number of aryl methyl sites for hydroxylation is 2. The van der Waals surface area contributed by atoms with E-state index in [-0.39, 0.29) is 28.2 Å². The SMILES string of the molecule is C[C@@H](NC(=O)c1[nH]c2ccccc2c1Sc1ncccc1C(=O)O)C(=O)N1CCN(C2c3ccccc3CCc3ccccc32)CC1. The summed E-state index contributed by atoms with van der Waals surface area (Å²) in [7, 11) is 0. The van der Waals surface area contributed by atoms with Gasteiger partial charge in [-0.15, -0.1) is 0 Å². The topological polar surface area (TPSA) is 119 Å². The molecule has 3 heterocycles. The van der Waals surface area contributed by atoms with E-state index in [1.165, 1.54) is 34.5 Å². The number of carboxylic acid groups (broad SMARTS) is 1. The zero-order chi connectivity index (χ0) is 32.5. The number of rotatable bonds is 7. The number of fused-ring (bicyclic) bond motifs is 3. The second-order valence-corrected chi connectivity index (χ2v) is 13.0. The zero-order valence-electron chi connectivity index (χ0n) is 26.0. The van der Waals surface area contributed by atoms with Crippen LogP contribution in [0.1, 0.15) is 56.1 Å². The third-order valence-corrected chi connectivity index (χ3v) is 10.3. The van der Waals surface area contributed by atoms with Gasteiger partial charge in [0.15, 0.2) is 0 Å². The predicted octanol–water partition coefficient (Wildman–Crippen LogP) is 5.56. The van der Waals surface area contributed by atoms with Crippen molar-refractivity contribution in [3.05, 3.63) is 125 Å². The maximum absolute atomic E-state index is 13.7. The Kier molecular flexibility index (Phi) is 8.53. The number of H-pyrrole nitrogens is 1. The van der Waals surface area contributed by atoms with Crippen molar-refractivity contribution in [1.82, 2.24) is 25.1 Å². The van der Waals surface area contributed by atoms with E-state index in [1.807, 2.05) is 29.2 Å². The Bertz CT molecular complexity index is 1940. The number of nitrogens with zero attached hydrogens (tertiary/aromatic N) is 3. The fourth-order valence-electron chi connectivity index (χ4n) is 6.81. The van der Waals surface area contributed by atoms with Crippen LogP contribution in [-0.4, -0.2) is 74.9 Å². The summed E-state index contributed by atoms with van der Waals surface area (Å²) in [5.74, 6) is -1.68. The fourth-order valence-corrected chi connectivity index (χ4v) is 7.91. The van der Waals surface area contributed by atoms with E-state index in [4.69, 9.17) is 0 Å². The molecule has 10 heteroatoms. The number of carboxylic acids is 1. The molecular weight excluding hydrogens is 611 g/mol. The average Bonchev–Trinajstić information content (AvgIpc) is 3.37. The van der Waals surface area contributed by atoms with Crippen molar-refractivity contribution >= 4 is 40.4 Å². The lowest BCUT2D eigenvalue weighted by atomic mass is 9.92. The first kappa shape index (κ1) is 30.7. The minimum atomic E-state index is -1.10. The summed E-state index contributed by atoms with van der Waals surface area (Å²) in [6, 6.07) is 27.3. The molecule has 1 aliphatic carbocycles. The molecule has 5 aromatic rings. The smallest absolute Gasteiger partial charge is 0.338 e. The number of aromatic carboxylic acids is 1. The summed E-state index contributed by atoms with van der Waals surface area (Å²) in [5, 5.41) is 13.6. The fraction of sp³-hybridized carbons (Fsp3) is 0.243. The molecule has 3 N–H and O–H groups in total. The van der Waals surface area contributed by atoms with E-state index in [9.17, 15) is 19.5 Å². The van der Waals surface area contributed by atoms with E-state index >= 15 is 0 Å². The van der Waals surface area contributed by atoms with Gasteiger partial charge in [-0.25, -0.2) is 9.78 Å². The molecule has 1 fully saturated rings. The Morgan fingerprint density at radius 3 is 2.19 bits per heavy atom. The number of para-hydroxylation sites is 1. The molecule has 0 spiro atoms. The summed E-state index contributed by atoms with van der Waals surface area (Å²) in [6.07, 6.45) is 3.55. The number of pyridine rings is 1. The molecule has 1 atom stereocenters. The number of hydrogen-bond donors (Lipinski definition) is 3. The second kappa shape index (κ2) is 13.1. The number of piperazine rings is 1. The van der Waals surface area contributed by atoms with Gasteiger partial charge in [0, 0.05) is 43.3 Å². The third-order valence-electron chi connectivity index (χ3n) is 9.16. The van der Waals surface area contributed by atoms with Crippen molar-refractivity contribution in [2.75, 3.05) is 26.2 Å². The molecule has 0 bridgehead atoms. The summed E-state index contributed by atoms with van der Waals surface area (Å²) < 4.78 is 0. The van der Waals surface area contributed by atoms with E-state index in [0.717, 1.165) is 48.6 Å². The molecule has 2 aromatic heterocycles. The van der Waals surface area contributed by atoms with Gasteiger partial charge in [0.05, 0.1) is 16.5 Å². The Morgan fingerprint density at radius 1 is 0.872 bits per heavy atom. The zero-order valence-corrected chi connectivity index (χ0v) is 26.8. The van der Waals surface area contributed by atoms with Gasteiger partial charge in [0.1, 0.15) is 16.8 Å². The number of benzene rings is 3. The highest BCUT2D eigenvalue weighted by molar-refractivity contribution is 7.99. The lowest BCUT2D eigenvalue weighted by molar-refractivity contribution is -0.134. The highest BCUT2D eigenvalue weighted by atomic mass is 32.2. The van der Waals surface area contributed by atoms with E-state index in [1.54, 1.807) is 13.0 Å². The van der Waals surface area contributed by atoms with Gasteiger partial charge < -0.3 is 20.3 Å². The first-order valence-corrected chi connectivity index (χ1v) is 16.7. The number of aromatic amines is 1. The van der Waals surface area contributed by atoms with Gasteiger partial charge in [-0.05, 0) is 60.2 Å². The number of aromatic nitrogens is 2. The first-order valence-electron chi connectivity index (χ1n) is 15.8. The van der Waals surface area contributed by atoms with Crippen molar-refractivity contribution in [1.29, 1.82) is 0 Å². The van der Waals surface area contributed by atoms with Crippen LogP contribution in [0.15, 0.2) is 101 Å². The maximum atomic E-state index is 13.7. The van der Waals surface area contributed by atoms with Gasteiger partial charge in [0.2, 0.25) is 5.91 Å². The molecule has 47 heavy (non-hydrogen) atoms. The number of nitrogens with one attached hydrogen (secondary N) is 2. The van der Waals surface area contributed by atoms with Crippen LogP contribution in [0.5, 0.6) is 0 Å². The molecular formula is C37H35N5O4S. The molecule has 3 aromatic carbocycles. The molecule has 2 aliphatic rings. The molecule has 9 nitrogen and oxygen atoms in total. The normalized spacial score (nSPS) is 15.8. The Hall–Kier alpha value is -4.93. The summed E-state index contributed by atoms with van der Waals surface area (Å²) in [6.45, 7) is 4.27. The highest BCUT2D eigenvalue weighted by Gasteiger charge is 2.33. The van der Waals surface area contributed by atoms with Crippen LogP contribution < -0.4 is 5.32 Å². The van der Waals surface area contributed by atoms with Crippen LogP contribution in [0.3, 0.4) is 0 Å². The lowest BCUT2D eigenvalue weighted by Crippen LogP contribution is -2.54. The first-order chi connectivity index (χ1) is 22.9. The van der Waals surface area contributed by atoms with Crippen molar-refractivity contribution in [2.24, 2.45) is 0 Å².